The summed E-state index contributed by atoms with van der Waals surface area (Å²) in [6.07, 6.45) is 30.0. The third-order valence-electron chi connectivity index (χ3n) is 12.8. The maximum absolute atomic E-state index is 13.0. The van der Waals surface area contributed by atoms with Crippen LogP contribution in [0.2, 0.25) is 0 Å². The molecule has 2 aliphatic heterocycles. The zero-order valence-corrected chi connectivity index (χ0v) is 43.0. The molecule has 2 aliphatic rings. The molecule has 7 N–H and O–H groups in total. The Morgan fingerprint density at radius 2 is 0.871 bits per heavy atom. The van der Waals surface area contributed by atoms with E-state index in [4.69, 9.17) is 28.4 Å². The molecule has 0 spiro atoms. The number of hydrogen-bond donors (Lipinski definition) is 7. The van der Waals surface area contributed by atoms with E-state index in [9.17, 15) is 45.3 Å². The topological polar surface area (TPSA) is 231 Å². The van der Waals surface area contributed by atoms with Crippen molar-refractivity contribution >= 4 is 11.9 Å². The average molecular weight is 997 g/mol. The summed E-state index contributed by atoms with van der Waals surface area (Å²) in [5.41, 5.74) is 0. The minimum Gasteiger partial charge on any atom is -0.462 e. The van der Waals surface area contributed by atoms with E-state index in [-0.39, 0.29) is 19.4 Å². The van der Waals surface area contributed by atoms with Crippen molar-refractivity contribution in [2.45, 2.75) is 261 Å². The molecule has 2 heterocycles. The first-order valence-corrected chi connectivity index (χ1v) is 27.2. The third-order valence-corrected chi connectivity index (χ3v) is 12.8. The maximum Gasteiger partial charge on any atom is 0.306 e. The average Bonchev–Trinajstić information content (AvgIpc) is 3.35. The summed E-state index contributed by atoms with van der Waals surface area (Å²) in [6.45, 7) is 2.52. The molecule has 0 radical (unpaired) electrons. The molecule has 2 saturated heterocycles. The molecule has 0 saturated carbocycles. The van der Waals surface area contributed by atoms with Crippen molar-refractivity contribution in [3.63, 3.8) is 0 Å². The first-order valence-electron chi connectivity index (χ1n) is 27.2. The summed E-state index contributed by atoms with van der Waals surface area (Å²) in [5, 5.41) is 72.2. The van der Waals surface area contributed by atoms with Gasteiger partial charge in [0.1, 0.15) is 55.4 Å². The summed E-state index contributed by atoms with van der Waals surface area (Å²) in [6, 6.07) is 0. The van der Waals surface area contributed by atoms with Crippen LogP contribution in [0.15, 0.2) is 48.6 Å². The molecular formula is C55H96O15. The Morgan fingerprint density at radius 1 is 0.457 bits per heavy atom. The quantitative estimate of drug-likeness (QED) is 0.0173. The molecule has 4 unspecified atom stereocenters. The van der Waals surface area contributed by atoms with Gasteiger partial charge in [0, 0.05) is 12.8 Å². The summed E-state index contributed by atoms with van der Waals surface area (Å²) >= 11 is 0. The van der Waals surface area contributed by atoms with Gasteiger partial charge in [0.05, 0.1) is 19.8 Å². The zero-order chi connectivity index (χ0) is 51.0. The lowest BCUT2D eigenvalue weighted by Gasteiger charge is -2.42. The number of esters is 2. The van der Waals surface area contributed by atoms with Crippen LogP contribution >= 0.6 is 0 Å². The Balaban J connectivity index is 1.81. The molecule has 2 fully saturated rings. The summed E-state index contributed by atoms with van der Waals surface area (Å²) in [4.78, 5) is 25.8. The molecule has 0 aromatic carbocycles. The van der Waals surface area contributed by atoms with Crippen LogP contribution in [-0.4, -0.2) is 142 Å². The van der Waals surface area contributed by atoms with Crippen molar-refractivity contribution in [2.24, 2.45) is 0 Å². The Labute approximate surface area is 420 Å². The van der Waals surface area contributed by atoms with E-state index >= 15 is 0 Å². The molecule has 15 heteroatoms. The van der Waals surface area contributed by atoms with Gasteiger partial charge in [-0.3, -0.25) is 9.59 Å². The molecule has 2 rings (SSSR count). The molecule has 70 heavy (non-hydrogen) atoms. The van der Waals surface area contributed by atoms with Gasteiger partial charge in [-0.15, -0.1) is 0 Å². The minimum atomic E-state index is -1.77. The number of ether oxygens (including phenoxy) is 6. The highest BCUT2D eigenvalue weighted by atomic mass is 16.7. The van der Waals surface area contributed by atoms with E-state index in [0.717, 1.165) is 44.9 Å². The molecule has 11 atom stereocenters. The fourth-order valence-electron chi connectivity index (χ4n) is 8.33. The van der Waals surface area contributed by atoms with Crippen LogP contribution in [0.4, 0.5) is 0 Å². The van der Waals surface area contributed by atoms with Crippen LogP contribution in [0.5, 0.6) is 0 Å². The van der Waals surface area contributed by atoms with Crippen molar-refractivity contribution in [3.8, 4) is 0 Å². The van der Waals surface area contributed by atoms with Gasteiger partial charge in [-0.1, -0.05) is 178 Å². The third kappa shape index (κ3) is 29.2. The van der Waals surface area contributed by atoms with Crippen molar-refractivity contribution in [3.05, 3.63) is 48.6 Å². The molecule has 15 nitrogen and oxygen atoms in total. The van der Waals surface area contributed by atoms with Crippen LogP contribution in [0.1, 0.15) is 194 Å². The molecule has 406 valence electrons. The van der Waals surface area contributed by atoms with Gasteiger partial charge < -0.3 is 64.2 Å². The summed E-state index contributed by atoms with van der Waals surface area (Å²) in [7, 11) is 0. The fraction of sp³-hybridized carbons (Fsp3) is 0.818. The van der Waals surface area contributed by atoms with Gasteiger partial charge in [-0.25, -0.2) is 0 Å². The van der Waals surface area contributed by atoms with E-state index < -0.39 is 99.3 Å². The van der Waals surface area contributed by atoms with E-state index in [0.29, 0.717) is 19.3 Å². The van der Waals surface area contributed by atoms with Crippen LogP contribution in [0.3, 0.4) is 0 Å². The van der Waals surface area contributed by atoms with Gasteiger partial charge in [-0.2, -0.15) is 0 Å². The van der Waals surface area contributed by atoms with E-state index in [1.807, 2.05) is 6.08 Å². The number of carbonyl (C=O) groups excluding carboxylic acids is 2. The van der Waals surface area contributed by atoms with Crippen LogP contribution < -0.4 is 0 Å². The Bertz CT molecular complexity index is 1400. The van der Waals surface area contributed by atoms with Gasteiger partial charge in [-0.05, 0) is 51.4 Å². The lowest BCUT2D eigenvalue weighted by Crippen LogP contribution is -2.61. The predicted octanol–water partition coefficient (Wildman–Crippen LogP) is 8.27. The highest BCUT2D eigenvalue weighted by molar-refractivity contribution is 5.70. The fourth-order valence-corrected chi connectivity index (χ4v) is 8.33. The highest BCUT2D eigenvalue weighted by Crippen LogP contribution is 2.26. The SMILES string of the molecule is CCCCC/C=C/C/C=C/C/C=C/C/C=C/CCCC(=O)OC[C@@H](CO[C@@H]1O[C@H](CO[C@@H]2O[C@H](CO)[C@H](O)C(O)C2O)[C@H](O)C(O)C1O)OC(=O)CCCCCCCCCCCCCCCCCCC. The van der Waals surface area contributed by atoms with Crippen LogP contribution in [-0.2, 0) is 38.0 Å². The summed E-state index contributed by atoms with van der Waals surface area (Å²) < 4.78 is 33.6. The Morgan fingerprint density at radius 3 is 1.39 bits per heavy atom. The number of rotatable bonds is 42. The second-order valence-corrected chi connectivity index (χ2v) is 19.1. The summed E-state index contributed by atoms with van der Waals surface area (Å²) in [5.74, 6) is -0.986. The van der Waals surface area contributed by atoms with Crippen molar-refractivity contribution in [2.75, 3.05) is 26.4 Å². The van der Waals surface area contributed by atoms with Crippen LogP contribution in [0.25, 0.3) is 0 Å². The minimum absolute atomic E-state index is 0.142. The first kappa shape index (κ1) is 63.6. The molecule has 0 aromatic heterocycles. The second-order valence-electron chi connectivity index (χ2n) is 19.1. The highest BCUT2D eigenvalue weighted by Gasteiger charge is 2.47. The number of allylic oxidation sites excluding steroid dienone is 8. The molecule has 0 aromatic rings. The van der Waals surface area contributed by atoms with Gasteiger partial charge >= 0.3 is 11.9 Å². The number of hydrogen-bond acceptors (Lipinski definition) is 15. The number of aliphatic hydroxyl groups is 7. The van der Waals surface area contributed by atoms with E-state index in [1.165, 1.54) is 103 Å². The van der Waals surface area contributed by atoms with Crippen molar-refractivity contribution in [1.29, 1.82) is 0 Å². The molecular weight excluding hydrogens is 901 g/mol. The zero-order valence-electron chi connectivity index (χ0n) is 43.0. The maximum atomic E-state index is 13.0. The lowest BCUT2D eigenvalue weighted by molar-refractivity contribution is -0.332. The van der Waals surface area contributed by atoms with Crippen LogP contribution in [0, 0.1) is 0 Å². The van der Waals surface area contributed by atoms with Crippen molar-refractivity contribution < 1.29 is 73.8 Å². The molecule has 0 amide bonds. The van der Waals surface area contributed by atoms with Gasteiger partial charge in [0.2, 0.25) is 0 Å². The van der Waals surface area contributed by atoms with Gasteiger partial charge in [0.15, 0.2) is 18.7 Å². The van der Waals surface area contributed by atoms with Gasteiger partial charge in [0.25, 0.3) is 0 Å². The monoisotopic (exact) mass is 997 g/mol. The van der Waals surface area contributed by atoms with Crippen molar-refractivity contribution in [1.82, 2.24) is 0 Å². The predicted molar refractivity (Wildman–Crippen MR) is 270 cm³/mol. The largest absolute Gasteiger partial charge is 0.462 e. The molecule has 0 aliphatic carbocycles. The number of aliphatic hydroxyl groups excluding tert-OH is 7. The second kappa shape index (κ2) is 41.9. The lowest BCUT2D eigenvalue weighted by atomic mass is 9.98. The number of carbonyl (C=O) groups is 2. The standard InChI is InChI=1S/C55H96O15/c1-3-5-7-9-11-13-15-17-19-21-23-25-27-29-31-33-35-37-46(57)65-40-43(68-47(58)38-36-34-32-30-28-26-24-22-20-18-16-14-12-10-8-6-4-2)41-66-54-53(64)51(62)49(60)45(70-54)42-67-55-52(63)50(61)48(59)44(39-56)69-55/h11,13,17,19,23,25,29,31,43-45,48-56,59-64H,3-10,12,14-16,18,20-22,24,26-28,30,32-42H2,1-2H3/b13-11+,19-17+,25-23+,31-29+/t43-,44+,45+,48-,49-,50?,51?,52?,53?,54+,55+/m0/s1. The Kier molecular flexibility index (Phi) is 38.0. The number of unbranched alkanes of at least 4 members (excludes halogenated alkanes) is 20. The first-order chi connectivity index (χ1) is 34.0. The Hall–Kier alpha value is -2.54. The normalized spacial score (nSPS) is 25.7. The van der Waals surface area contributed by atoms with E-state index in [2.05, 4.69) is 56.4 Å². The molecule has 0 bridgehead atoms. The smallest absolute Gasteiger partial charge is 0.306 e. The van der Waals surface area contributed by atoms with E-state index in [1.54, 1.807) is 0 Å².